The van der Waals surface area contributed by atoms with E-state index in [4.69, 9.17) is 0 Å². The Hall–Kier alpha value is -1.34. The molecule has 2 aromatic heterocycles. The van der Waals surface area contributed by atoms with Crippen LogP contribution in [0, 0.1) is 10.5 Å². The van der Waals surface area contributed by atoms with Crippen molar-refractivity contribution in [2.75, 3.05) is 6.54 Å². The summed E-state index contributed by atoms with van der Waals surface area (Å²) in [5, 5.41) is 6.20. The second-order valence-electron chi connectivity index (χ2n) is 4.88. The Morgan fingerprint density at radius 2 is 2.14 bits per heavy atom. The molecule has 5 heteroatoms. The van der Waals surface area contributed by atoms with Crippen LogP contribution in [0.2, 0.25) is 0 Å². The van der Waals surface area contributed by atoms with Crippen molar-refractivity contribution in [3.05, 3.63) is 55.4 Å². The lowest BCUT2D eigenvalue weighted by Crippen LogP contribution is -2.25. The normalized spacial score (nSPS) is 11.0. The number of aromatic nitrogens is 1. The number of halogens is 1. The summed E-state index contributed by atoms with van der Waals surface area (Å²) in [4.78, 5) is 16.3. The quantitative estimate of drug-likeness (QED) is 0.625. The topological polar surface area (TPSA) is 44.9 Å². The first kappa shape index (κ1) is 14.6. The lowest BCUT2D eigenvalue weighted by atomic mass is 10.1. The molecule has 0 fully saturated rings. The lowest BCUT2D eigenvalue weighted by molar-refractivity contribution is 0.0957. The Bertz CT molecular complexity index is 791. The van der Waals surface area contributed by atoms with Crippen LogP contribution in [0.15, 0.2) is 35.7 Å². The number of aromatic amines is 1. The molecule has 0 aliphatic heterocycles. The Morgan fingerprint density at radius 3 is 2.90 bits per heavy atom. The van der Waals surface area contributed by atoms with Gasteiger partial charge in [0.2, 0.25) is 0 Å². The molecule has 0 unspecified atom stereocenters. The van der Waals surface area contributed by atoms with Crippen LogP contribution < -0.4 is 5.32 Å². The van der Waals surface area contributed by atoms with Gasteiger partial charge in [-0.25, -0.2) is 0 Å². The Morgan fingerprint density at radius 1 is 1.33 bits per heavy atom. The van der Waals surface area contributed by atoms with Crippen molar-refractivity contribution < 1.29 is 4.79 Å². The number of nitrogens with one attached hydrogen (secondary N) is 2. The number of carbonyl (C=O) groups is 1. The van der Waals surface area contributed by atoms with Gasteiger partial charge >= 0.3 is 0 Å². The lowest BCUT2D eigenvalue weighted by Gasteiger charge is -2.05. The number of thiophene rings is 1. The molecule has 3 aromatic rings. The first-order valence-electron chi connectivity index (χ1n) is 6.74. The van der Waals surface area contributed by atoms with Crippen LogP contribution in [0.3, 0.4) is 0 Å². The van der Waals surface area contributed by atoms with E-state index < -0.39 is 0 Å². The minimum absolute atomic E-state index is 0.0203. The molecule has 0 aliphatic rings. The smallest absolute Gasteiger partial charge is 0.262 e. The van der Waals surface area contributed by atoms with E-state index in [1.807, 2.05) is 23.6 Å². The van der Waals surface area contributed by atoms with Gasteiger partial charge in [-0.05, 0) is 59.0 Å². The van der Waals surface area contributed by atoms with Gasteiger partial charge in [0.15, 0.2) is 0 Å². The standard InChI is InChI=1S/C16H15IN2OS/c1-10-11(12-4-2-3-5-14(12)19-10)6-8-18-16(20)15-13(17)7-9-21-15/h2-5,7,9,19H,6,8H2,1H3,(H,18,20). The fraction of sp³-hybridized carbons (Fsp3) is 0.188. The summed E-state index contributed by atoms with van der Waals surface area (Å²) in [6.07, 6.45) is 0.837. The molecule has 1 amide bonds. The molecule has 0 bridgehead atoms. The van der Waals surface area contributed by atoms with Crippen molar-refractivity contribution in [1.82, 2.24) is 10.3 Å². The number of rotatable bonds is 4. The molecule has 2 heterocycles. The summed E-state index contributed by atoms with van der Waals surface area (Å²) in [6.45, 7) is 2.73. The maximum Gasteiger partial charge on any atom is 0.262 e. The summed E-state index contributed by atoms with van der Waals surface area (Å²) >= 11 is 3.68. The SMILES string of the molecule is Cc1[nH]c2ccccc2c1CCNC(=O)c1sccc1I. The van der Waals surface area contributed by atoms with Crippen LogP contribution in [0.1, 0.15) is 20.9 Å². The number of aryl methyl sites for hydroxylation is 1. The van der Waals surface area contributed by atoms with Crippen molar-refractivity contribution in [3.8, 4) is 0 Å². The second kappa shape index (κ2) is 6.19. The van der Waals surface area contributed by atoms with E-state index in [2.05, 4.69) is 51.9 Å². The van der Waals surface area contributed by atoms with Gasteiger partial charge < -0.3 is 10.3 Å². The van der Waals surface area contributed by atoms with Crippen molar-refractivity contribution in [2.45, 2.75) is 13.3 Å². The van der Waals surface area contributed by atoms with E-state index in [0.29, 0.717) is 6.54 Å². The average Bonchev–Trinajstić information content (AvgIpc) is 3.03. The molecule has 0 saturated carbocycles. The highest BCUT2D eigenvalue weighted by atomic mass is 127. The monoisotopic (exact) mass is 410 g/mol. The molecule has 1 aromatic carbocycles. The third kappa shape index (κ3) is 2.98. The maximum atomic E-state index is 12.1. The number of carbonyl (C=O) groups excluding carboxylic acids is 1. The molecular weight excluding hydrogens is 395 g/mol. The van der Waals surface area contributed by atoms with Gasteiger partial charge in [0.1, 0.15) is 4.88 Å². The minimum Gasteiger partial charge on any atom is -0.358 e. The van der Waals surface area contributed by atoms with Crippen molar-refractivity contribution in [2.24, 2.45) is 0 Å². The number of amides is 1. The maximum absolute atomic E-state index is 12.1. The van der Waals surface area contributed by atoms with Crippen LogP contribution in [0.4, 0.5) is 0 Å². The summed E-state index contributed by atoms with van der Waals surface area (Å²) in [5.41, 5.74) is 3.62. The third-order valence-electron chi connectivity index (χ3n) is 3.51. The highest BCUT2D eigenvalue weighted by Gasteiger charge is 2.12. The van der Waals surface area contributed by atoms with Crippen LogP contribution >= 0.6 is 33.9 Å². The van der Waals surface area contributed by atoms with Gasteiger partial charge in [-0.15, -0.1) is 11.3 Å². The van der Waals surface area contributed by atoms with Crippen molar-refractivity contribution >= 4 is 50.7 Å². The Kier molecular flexibility index (Phi) is 4.30. The minimum atomic E-state index is 0.0203. The second-order valence-corrected chi connectivity index (χ2v) is 6.96. The molecule has 0 saturated heterocycles. The van der Waals surface area contributed by atoms with Crippen LogP contribution in [-0.4, -0.2) is 17.4 Å². The van der Waals surface area contributed by atoms with Gasteiger partial charge in [0.25, 0.3) is 5.91 Å². The van der Waals surface area contributed by atoms with Crippen molar-refractivity contribution in [1.29, 1.82) is 0 Å². The van der Waals surface area contributed by atoms with Crippen LogP contribution in [0.5, 0.6) is 0 Å². The first-order valence-corrected chi connectivity index (χ1v) is 8.70. The zero-order valence-corrected chi connectivity index (χ0v) is 14.5. The molecule has 108 valence electrons. The predicted molar refractivity (Wildman–Crippen MR) is 96.1 cm³/mol. The molecule has 0 radical (unpaired) electrons. The Labute approximate surface area is 140 Å². The number of benzene rings is 1. The molecule has 0 atom stereocenters. The van der Waals surface area contributed by atoms with Gasteiger partial charge in [-0.2, -0.15) is 0 Å². The zero-order chi connectivity index (χ0) is 14.8. The first-order chi connectivity index (χ1) is 10.2. The summed E-state index contributed by atoms with van der Waals surface area (Å²) < 4.78 is 1.01. The number of hydrogen-bond acceptors (Lipinski definition) is 2. The van der Waals surface area contributed by atoms with Gasteiger partial charge in [-0.3, -0.25) is 4.79 Å². The molecule has 3 rings (SSSR count). The molecule has 2 N–H and O–H groups in total. The fourth-order valence-corrected chi connectivity index (χ4v) is 4.24. The fourth-order valence-electron chi connectivity index (χ4n) is 2.49. The van der Waals surface area contributed by atoms with E-state index >= 15 is 0 Å². The molecule has 3 nitrogen and oxygen atoms in total. The summed E-state index contributed by atoms with van der Waals surface area (Å²) in [5.74, 6) is 0.0203. The zero-order valence-electron chi connectivity index (χ0n) is 11.6. The van der Waals surface area contributed by atoms with Gasteiger partial charge in [-0.1, -0.05) is 18.2 Å². The number of para-hydroxylation sites is 1. The number of fused-ring (bicyclic) bond motifs is 1. The highest BCUT2D eigenvalue weighted by Crippen LogP contribution is 2.22. The third-order valence-corrected chi connectivity index (χ3v) is 5.69. The molecule has 21 heavy (non-hydrogen) atoms. The summed E-state index contributed by atoms with van der Waals surface area (Å²) in [7, 11) is 0. The van der Waals surface area contributed by atoms with Crippen LogP contribution in [0.25, 0.3) is 10.9 Å². The van der Waals surface area contributed by atoms with Gasteiger partial charge in [0, 0.05) is 26.7 Å². The number of H-pyrrole nitrogens is 1. The molecule has 0 aliphatic carbocycles. The predicted octanol–water partition coefficient (Wildman–Crippen LogP) is 4.11. The van der Waals surface area contributed by atoms with E-state index in [0.717, 1.165) is 20.4 Å². The molecule has 0 spiro atoms. The van der Waals surface area contributed by atoms with E-state index in [1.54, 1.807) is 0 Å². The van der Waals surface area contributed by atoms with Crippen LogP contribution in [-0.2, 0) is 6.42 Å². The Balaban J connectivity index is 1.69. The average molecular weight is 410 g/mol. The van der Waals surface area contributed by atoms with Gasteiger partial charge in [0.05, 0.1) is 0 Å². The van der Waals surface area contributed by atoms with E-state index in [1.165, 1.54) is 28.0 Å². The van der Waals surface area contributed by atoms with E-state index in [-0.39, 0.29) is 5.91 Å². The largest absolute Gasteiger partial charge is 0.358 e. The highest BCUT2D eigenvalue weighted by molar-refractivity contribution is 14.1. The number of hydrogen-bond donors (Lipinski definition) is 2. The summed E-state index contributed by atoms with van der Waals surface area (Å²) in [6, 6.07) is 10.2. The van der Waals surface area contributed by atoms with Crippen molar-refractivity contribution in [3.63, 3.8) is 0 Å². The molecular formula is C16H15IN2OS. The van der Waals surface area contributed by atoms with E-state index in [9.17, 15) is 4.79 Å².